The molecule has 0 radical (unpaired) electrons. The van der Waals surface area contributed by atoms with E-state index in [2.05, 4.69) is 0 Å². The number of methoxy groups -OCH3 is 1. The van der Waals surface area contributed by atoms with Crippen molar-refractivity contribution in [2.24, 2.45) is 0 Å². The van der Waals surface area contributed by atoms with Crippen molar-refractivity contribution in [3.05, 3.63) is 40.3 Å². The lowest BCUT2D eigenvalue weighted by molar-refractivity contribution is 0.0295. The molecule has 1 aliphatic heterocycles. The minimum Gasteiger partial charge on any atom is -0.497 e. The molecule has 2 heterocycles. The van der Waals surface area contributed by atoms with Crippen molar-refractivity contribution in [3.63, 3.8) is 0 Å². The molecule has 0 atom stereocenters. The topological polar surface area (TPSA) is 60.8 Å². The number of hydrogen-bond acceptors (Lipinski definition) is 4. The summed E-state index contributed by atoms with van der Waals surface area (Å²) < 4.78 is 12.3. The first-order valence-electron chi connectivity index (χ1n) is 8.29. The van der Waals surface area contributed by atoms with Gasteiger partial charge in [-0.1, -0.05) is 0 Å². The van der Waals surface area contributed by atoms with Gasteiger partial charge < -0.3 is 18.9 Å². The molecular formula is C18H20N2O4. The van der Waals surface area contributed by atoms with Crippen LogP contribution in [0.5, 0.6) is 5.75 Å². The molecule has 126 valence electrons. The molecule has 4 rings (SSSR count). The number of rotatable bonds is 3. The number of amides is 1. The zero-order valence-corrected chi connectivity index (χ0v) is 13.7. The fraction of sp³-hybridized carbons (Fsp3) is 0.444. The van der Waals surface area contributed by atoms with E-state index in [0.29, 0.717) is 43.1 Å². The number of nitrogens with zero attached hydrogens (tertiary/aromatic N) is 2. The van der Waals surface area contributed by atoms with Crippen LogP contribution in [0, 0.1) is 0 Å². The number of hydrogen-bond donors (Lipinski definition) is 0. The molecule has 2 aliphatic rings. The van der Waals surface area contributed by atoms with Crippen LogP contribution in [0.3, 0.4) is 0 Å². The van der Waals surface area contributed by atoms with Gasteiger partial charge in [-0.3, -0.25) is 9.59 Å². The Morgan fingerprint density at radius 3 is 2.62 bits per heavy atom. The predicted octanol–water partition coefficient (Wildman–Crippen LogP) is 1.82. The van der Waals surface area contributed by atoms with Crippen molar-refractivity contribution >= 4 is 16.7 Å². The fourth-order valence-electron chi connectivity index (χ4n) is 3.23. The molecular weight excluding hydrogens is 308 g/mol. The quantitative estimate of drug-likeness (QED) is 0.862. The van der Waals surface area contributed by atoms with Crippen molar-refractivity contribution in [1.82, 2.24) is 9.47 Å². The zero-order chi connectivity index (χ0) is 16.7. The highest BCUT2D eigenvalue weighted by atomic mass is 16.5. The van der Waals surface area contributed by atoms with Crippen molar-refractivity contribution in [3.8, 4) is 5.75 Å². The second kappa shape index (κ2) is 5.94. The average Bonchev–Trinajstić information content (AvgIpc) is 3.46. The van der Waals surface area contributed by atoms with Gasteiger partial charge in [-0.2, -0.15) is 0 Å². The summed E-state index contributed by atoms with van der Waals surface area (Å²) in [5, 5.41) is 1.37. The number of carbonyl (C=O) groups excluding carboxylic acids is 1. The SMILES string of the molecule is COc1ccc2c(=O)n(C3CC3)c(C(=O)N3CCOCC3)cc2c1. The monoisotopic (exact) mass is 328 g/mol. The normalized spacial score (nSPS) is 18.0. The van der Waals surface area contributed by atoms with Gasteiger partial charge in [0.05, 0.1) is 20.3 Å². The molecule has 1 aromatic carbocycles. The second-order valence-corrected chi connectivity index (χ2v) is 6.29. The Kier molecular flexibility index (Phi) is 3.76. The second-order valence-electron chi connectivity index (χ2n) is 6.29. The Morgan fingerprint density at radius 1 is 1.21 bits per heavy atom. The number of ether oxygens (including phenoxy) is 2. The lowest BCUT2D eigenvalue weighted by atomic mass is 10.1. The van der Waals surface area contributed by atoms with Gasteiger partial charge in [-0.15, -0.1) is 0 Å². The first-order chi connectivity index (χ1) is 11.7. The molecule has 2 aromatic rings. The summed E-state index contributed by atoms with van der Waals surface area (Å²) >= 11 is 0. The molecule has 1 amide bonds. The van der Waals surface area contributed by atoms with Crippen LogP contribution in [0.15, 0.2) is 29.1 Å². The van der Waals surface area contributed by atoms with Gasteiger partial charge in [-0.25, -0.2) is 0 Å². The van der Waals surface area contributed by atoms with E-state index in [9.17, 15) is 9.59 Å². The highest BCUT2D eigenvalue weighted by Crippen LogP contribution is 2.35. The number of pyridine rings is 1. The van der Waals surface area contributed by atoms with Gasteiger partial charge in [0.15, 0.2) is 0 Å². The van der Waals surface area contributed by atoms with Gasteiger partial charge in [0.25, 0.3) is 11.5 Å². The van der Waals surface area contributed by atoms with Crippen LogP contribution in [0.25, 0.3) is 10.8 Å². The predicted molar refractivity (Wildman–Crippen MR) is 89.8 cm³/mol. The summed E-state index contributed by atoms with van der Waals surface area (Å²) in [5.41, 5.74) is 0.388. The Hall–Kier alpha value is -2.34. The van der Waals surface area contributed by atoms with E-state index < -0.39 is 0 Å². The van der Waals surface area contributed by atoms with Crippen molar-refractivity contribution < 1.29 is 14.3 Å². The van der Waals surface area contributed by atoms with Gasteiger partial charge >= 0.3 is 0 Å². The van der Waals surface area contributed by atoms with E-state index in [1.807, 2.05) is 12.1 Å². The van der Waals surface area contributed by atoms with E-state index in [4.69, 9.17) is 9.47 Å². The molecule has 0 N–H and O–H groups in total. The summed E-state index contributed by atoms with van der Waals surface area (Å²) in [6.07, 6.45) is 1.90. The molecule has 6 heteroatoms. The summed E-state index contributed by atoms with van der Waals surface area (Å²) in [4.78, 5) is 27.7. The van der Waals surface area contributed by atoms with Crippen molar-refractivity contribution in [2.45, 2.75) is 18.9 Å². The summed E-state index contributed by atoms with van der Waals surface area (Å²) in [6, 6.07) is 7.34. The lowest BCUT2D eigenvalue weighted by Crippen LogP contribution is -2.42. The number of carbonyl (C=O) groups is 1. The summed E-state index contributed by atoms with van der Waals surface area (Å²) in [6.45, 7) is 2.21. The van der Waals surface area contributed by atoms with Crippen LogP contribution in [0.4, 0.5) is 0 Å². The highest BCUT2D eigenvalue weighted by molar-refractivity contribution is 5.97. The first kappa shape index (κ1) is 15.2. The van der Waals surface area contributed by atoms with E-state index in [1.54, 1.807) is 28.7 Å². The molecule has 1 aliphatic carbocycles. The van der Waals surface area contributed by atoms with E-state index in [-0.39, 0.29) is 17.5 Å². The molecule has 24 heavy (non-hydrogen) atoms. The molecule has 1 saturated heterocycles. The van der Waals surface area contributed by atoms with Crippen LogP contribution in [0.2, 0.25) is 0 Å². The number of fused-ring (bicyclic) bond motifs is 1. The Balaban J connectivity index is 1.87. The fourth-order valence-corrected chi connectivity index (χ4v) is 3.23. The number of aromatic nitrogens is 1. The van der Waals surface area contributed by atoms with Crippen molar-refractivity contribution in [2.75, 3.05) is 33.4 Å². The zero-order valence-electron chi connectivity index (χ0n) is 13.7. The highest BCUT2D eigenvalue weighted by Gasteiger charge is 2.31. The Morgan fingerprint density at radius 2 is 1.96 bits per heavy atom. The molecule has 6 nitrogen and oxygen atoms in total. The maximum Gasteiger partial charge on any atom is 0.270 e. The van der Waals surface area contributed by atoms with E-state index >= 15 is 0 Å². The van der Waals surface area contributed by atoms with E-state index in [0.717, 1.165) is 18.2 Å². The van der Waals surface area contributed by atoms with Crippen LogP contribution in [0.1, 0.15) is 29.4 Å². The maximum atomic E-state index is 13.0. The van der Waals surface area contributed by atoms with Gasteiger partial charge in [0.1, 0.15) is 11.4 Å². The largest absolute Gasteiger partial charge is 0.497 e. The first-order valence-corrected chi connectivity index (χ1v) is 8.29. The molecule has 1 saturated carbocycles. The lowest BCUT2D eigenvalue weighted by Gasteiger charge is -2.28. The third-order valence-corrected chi connectivity index (χ3v) is 4.69. The van der Waals surface area contributed by atoms with Gasteiger partial charge in [0.2, 0.25) is 0 Å². The smallest absolute Gasteiger partial charge is 0.270 e. The van der Waals surface area contributed by atoms with Crippen LogP contribution < -0.4 is 10.3 Å². The van der Waals surface area contributed by atoms with Crippen LogP contribution in [-0.2, 0) is 4.74 Å². The third kappa shape index (κ3) is 2.57. The van der Waals surface area contributed by atoms with E-state index in [1.165, 1.54) is 0 Å². The standard InChI is InChI=1S/C18H20N2O4/c1-23-14-4-5-15-12(10-14)11-16(20(17(15)21)13-2-3-13)18(22)19-6-8-24-9-7-19/h4-5,10-11,13H,2-3,6-9H2,1H3. The Labute approximate surface area is 139 Å². The number of morpholine rings is 1. The van der Waals surface area contributed by atoms with Gasteiger partial charge in [0, 0.05) is 24.5 Å². The molecule has 0 unspecified atom stereocenters. The molecule has 2 fully saturated rings. The minimum absolute atomic E-state index is 0.0886. The van der Waals surface area contributed by atoms with Gasteiger partial charge in [-0.05, 0) is 42.5 Å². The Bertz CT molecular complexity index is 848. The summed E-state index contributed by atoms with van der Waals surface area (Å²) in [5.74, 6) is 0.586. The van der Waals surface area contributed by atoms with Crippen LogP contribution >= 0.6 is 0 Å². The maximum absolute atomic E-state index is 13.0. The summed E-state index contributed by atoms with van der Waals surface area (Å²) in [7, 11) is 1.59. The van der Waals surface area contributed by atoms with Crippen molar-refractivity contribution in [1.29, 1.82) is 0 Å². The molecule has 0 bridgehead atoms. The number of benzene rings is 1. The minimum atomic E-state index is -0.0907. The third-order valence-electron chi connectivity index (χ3n) is 4.69. The molecule has 0 spiro atoms. The van der Waals surface area contributed by atoms with Crippen LogP contribution in [-0.4, -0.2) is 48.8 Å². The average molecular weight is 328 g/mol. The molecule has 1 aromatic heterocycles.